The van der Waals surface area contributed by atoms with Crippen LogP contribution in [0.1, 0.15) is 24.8 Å². The Morgan fingerprint density at radius 2 is 2.09 bits per heavy atom. The maximum atomic E-state index is 4.45. The van der Waals surface area contributed by atoms with Gasteiger partial charge in [-0.3, -0.25) is 4.98 Å². The number of nitrogens with zero attached hydrogens (tertiary/aromatic N) is 1. The largest absolute Gasteiger partial charge is 0.260 e. The van der Waals surface area contributed by atoms with Crippen molar-refractivity contribution in [3.8, 4) is 0 Å². The van der Waals surface area contributed by atoms with E-state index in [2.05, 4.69) is 31.5 Å². The molecule has 1 unspecified atom stereocenters. The van der Waals surface area contributed by atoms with Crippen molar-refractivity contribution in [3.05, 3.63) is 30.1 Å². The van der Waals surface area contributed by atoms with Crippen LogP contribution >= 0.6 is 12.6 Å². The molecule has 1 rings (SSSR count). The first-order valence-electron chi connectivity index (χ1n) is 3.81. The van der Waals surface area contributed by atoms with Gasteiger partial charge in [-0.25, -0.2) is 0 Å². The predicted octanol–water partition coefficient (Wildman–Crippen LogP) is 2.71. The van der Waals surface area contributed by atoms with Crippen molar-refractivity contribution in [1.82, 2.24) is 4.98 Å². The van der Waals surface area contributed by atoms with Crippen molar-refractivity contribution in [3.63, 3.8) is 0 Å². The summed E-state index contributed by atoms with van der Waals surface area (Å²) in [4.78, 5) is 4.22. The van der Waals surface area contributed by atoms with Crippen LogP contribution in [0.4, 0.5) is 0 Å². The standard InChI is InChI=1S/C9H13NS/c1-7(2)9(11)8-5-3-4-6-10-8/h3-7,9,11H,1-2H3. The zero-order valence-electron chi connectivity index (χ0n) is 6.86. The summed E-state index contributed by atoms with van der Waals surface area (Å²) in [6, 6.07) is 5.93. The summed E-state index contributed by atoms with van der Waals surface area (Å²) < 4.78 is 0. The molecule has 0 fully saturated rings. The number of hydrogen-bond acceptors (Lipinski definition) is 2. The van der Waals surface area contributed by atoms with Crippen molar-refractivity contribution < 1.29 is 0 Å². The van der Waals surface area contributed by atoms with Gasteiger partial charge in [0.2, 0.25) is 0 Å². The van der Waals surface area contributed by atoms with E-state index in [-0.39, 0.29) is 5.25 Å². The van der Waals surface area contributed by atoms with E-state index in [1.807, 2.05) is 18.2 Å². The molecular weight excluding hydrogens is 154 g/mol. The molecule has 0 aliphatic rings. The van der Waals surface area contributed by atoms with Crippen molar-refractivity contribution in [2.75, 3.05) is 0 Å². The van der Waals surface area contributed by atoms with Crippen LogP contribution in [0.15, 0.2) is 24.4 Å². The van der Waals surface area contributed by atoms with Gasteiger partial charge in [0.1, 0.15) is 0 Å². The minimum absolute atomic E-state index is 0.260. The first-order valence-corrected chi connectivity index (χ1v) is 4.32. The van der Waals surface area contributed by atoms with Crippen LogP contribution in [-0.4, -0.2) is 4.98 Å². The molecule has 0 aliphatic carbocycles. The molecule has 0 bridgehead atoms. The fourth-order valence-corrected chi connectivity index (χ4v) is 1.05. The minimum atomic E-state index is 0.260. The molecule has 0 aromatic carbocycles. The van der Waals surface area contributed by atoms with E-state index in [1.54, 1.807) is 6.20 Å². The summed E-state index contributed by atoms with van der Waals surface area (Å²) in [5, 5.41) is 0.260. The van der Waals surface area contributed by atoms with Crippen LogP contribution in [0.5, 0.6) is 0 Å². The third kappa shape index (κ3) is 2.22. The third-order valence-corrected chi connectivity index (χ3v) is 2.48. The van der Waals surface area contributed by atoms with Gasteiger partial charge in [-0.1, -0.05) is 19.9 Å². The number of thiol groups is 1. The van der Waals surface area contributed by atoms with E-state index >= 15 is 0 Å². The number of pyridine rings is 1. The SMILES string of the molecule is CC(C)C(S)c1ccccn1. The molecule has 0 N–H and O–H groups in total. The molecule has 0 spiro atoms. The third-order valence-electron chi connectivity index (χ3n) is 1.62. The van der Waals surface area contributed by atoms with Crippen molar-refractivity contribution in [2.45, 2.75) is 19.1 Å². The molecule has 1 heterocycles. The van der Waals surface area contributed by atoms with Gasteiger partial charge < -0.3 is 0 Å². The molecule has 11 heavy (non-hydrogen) atoms. The Morgan fingerprint density at radius 1 is 1.36 bits per heavy atom. The Morgan fingerprint density at radius 3 is 2.55 bits per heavy atom. The van der Waals surface area contributed by atoms with E-state index in [1.165, 1.54) is 0 Å². The smallest absolute Gasteiger partial charge is 0.0533 e. The fraction of sp³-hybridized carbons (Fsp3) is 0.444. The molecular formula is C9H13NS. The van der Waals surface area contributed by atoms with E-state index in [9.17, 15) is 0 Å². The molecule has 0 radical (unpaired) electrons. The zero-order chi connectivity index (χ0) is 8.27. The molecule has 0 saturated heterocycles. The maximum absolute atomic E-state index is 4.45. The quantitative estimate of drug-likeness (QED) is 0.668. The fourth-order valence-electron chi connectivity index (χ4n) is 0.892. The first-order chi connectivity index (χ1) is 5.22. The highest BCUT2D eigenvalue weighted by atomic mass is 32.1. The van der Waals surface area contributed by atoms with Crippen LogP contribution in [-0.2, 0) is 0 Å². The first kappa shape index (κ1) is 8.60. The normalized spacial score (nSPS) is 13.5. The topological polar surface area (TPSA) is 12.9 Å². The Balaban J connectivity index is 2.77. The predicted molar refractivity (Wildman–Crippen MR) is 50.8 cm³/mol. The van der Waals surface area contributed by atoms with Gasteiger partial charge in [0.15, 0.2) is 0 Å². The lowest BCUT2D eigenvalue weighted by atomic mass is 10.1. The molecule has 1 aromatic heterocycles. The second-order valence-corrected chi connectivity index (χ2v) is 3.50. The van der Waals surface area contributed by atoms with Crippen molar-refractivity contribution in [2.24, 2.45) is 5.92 Å². The lowest BCUT2D eigenvalue weighted by Gasteiger charge is -2.12. The Labute approximate surface area is 73.3 Å². The Kier molecular flexibility index (Phi) is 2.94. The van der Waals surface area contributed by atoms with Crippen molar-refractivity contribution in [1.29, 1.82) is 0 Å². The molecule has 1 aromatic rings. The second kappa shape index (κ2) is 3.77. The van der Waals surface area contributed by atoms with Gasteiger partial charge >= 0.3 is 0 Å². The number of hydrogen-bond donors (Lipinski definition) is 1. The van der Waals surface area contributed by atoms with Gasteiger partial charge in [-0.05, 0) is 18.1 Å². The van der Waals surface area contributed by atoms with E-state index in [0.717, 1.165) is 5.69 Å². The zero-order valence-corrected chi connectivity index (χ0v) is 7.75. The molecule has 0 saturated carbocycles. The van der Waals surface area contributed by atoms with Crippen LogP contribution in [0.3, 0.4) is 0 Å². The monoisotopic (exact) mass is 167 g/mol. The summed E-state index contributed by atoms with van der Waals surface area (Å²) in [6.45, 7) is 4.29. The van der Waals surface area contributed by atoms with E-state index in [0.29, 0.717) is 5.92 Å². The summed E-state index contributed by atoms with van der Waals surface area (Å²) in [5.74, 6) is 0.535. The highest BCUT2D eigenvalue weighted by molar-refractivity contribution is 7.80. The maximum Gasteiger partial charge on any atom is 0.0533 e. The summed E-state index contributed by atoms with van der Waals surface area (Å²) in [5.41, 5.74) is 1.06. The summed E-state index contributed by atoms with van der Waals surface area (Å²) in [7, 11) is 0. The lowest BCUT2D eigenvalue weighted by Crippen LogP contribution is -2.00. The number of aromatic nitrogens is 1. The van der Waals surface area contributed by atoms with Crippen molar-refractivity contribution >= 4 is 12.6 Å². The van der Waals surface area contributed by atoms with Crippen LogP contribution in [0.2, 0.25) is 0 Å². The van der Waals surface area contributed by atoms with E-state index in [4.69, 9.17) is 0 Å². The minimum Gasteiger partial charge on any atom is -0.260 e. The second-order valence-electron chi connectivity index (χ2n) is 2.94. The van der Waals surface area contributed by atoms with Gasteiger partial charge in [0, 0.05) is 11.4 Å². The Hall–Kier alpha value is -0.500. The Bertz CT molecular complexity index is 208. The van der Waals surface area contributed by atoms with Crippen LogP contribution < -0.4 is 0 Å². The molecule has 60 valence electrons. The molecule has 0 amide bonds. The average molecular weight is 167 g/mol. The summed E-state index contributed by atoms with van der Waals surface area (Å²) >= 11 is 4.45. The van der Waals surface area contributed by atoms with Gasteiger partial charge in [0.05, 0.1) is 5.69 Å². The lowest BCUT2D eigenvalue weighted by molar-refractivity contribution is 0.624. The van der Waals surface area contributed by atoms with Gasteiger partial charge in [0.25, 0.3) is 0 Å². The van der Waals surface area contributed by atoms with Gasteiger partial charge in [-0.2, -0.15) is 12.6 Å². The molecule has 2 heteroatoms. The highest BCUT2D eigenvalue weighted by Crippen LogP contribution is 2.25. The highest BCUT2D eigenvalue weighted by Gasteiger charge is 2.10. The number of rotatable bonds is 2. The molecule has 1 atom stereocenters. The van der Waals surface area contributed by atoms with E-state index < -0.39 is 0 Å². The molecule has 1 nitrogen and oxygen atoms in total. The van der Waals surface area contributed by atoms with Crippen LogP contribution in [0, 0.1) is 5.92 Å². The van der Waals surface area contributed by atoms with Gasteiger partial charge in [-0.15, -0.1) is 0 Å². The van der Waals surface area contributed by atoms with Crippen LogP contribution in [0.25, 0.3) is 0 Å². The summed E-state index contributed by atoms with van der Waals surface area (Å²) in [6.07, 6.45) is 1.81. The average Bonchev–Trinajstić information content (AvgIpc) is 2.05. The molecule has 0 aliphatic heterocycles.